The maximum atomic E-state index is 13.2. The van der Waals surface area contributed by atoms with Gasteiger partial charge in [0.05, 0.1) is 18.7 Å². The van der Waals surface area contributed by atoms with Crippen LogP contribution < -0.4 is 9.47 Å². The highest BCUT2D eigenvalue weighted by Gasteiger charge is 2.46. The summed E-state index contributed by atoms with van der Waals surface area (Å²) in [5, 5.41) is 21.4. The zero-order valence-corrected chi connectivity index (χ0v) is 22.0. The lowest BCUT2D eigenvalue weighted by Crippen LogP contribution is -2.35. The number of amides is 1. The van der Waals surface area contributed by atoms with Gasteiger partial charge >= 0.3 is 0 Å². The van der Waals surface area contributed by atoms with Gasteiger partial charge in [-0.3, -0.25) is 9.59 Å². The molecule has 198 valence electrons. The number of benzene rings is 3. The van der Waals surface area contributed by atoms with Gasteiger partial charge in [0.25, 0.3) is 11.7 Å². The molecule has 3 aromatic carbocycles. The van der Waals surface area contributed by atoms with Gasteiger partial charge < -0.3 is 29.5 Å². The molecular formula is C30H32N2O6. The van der Waals surface area contributed by atoms with E-state index in [4.69, 9.17) is 9.47 Å². The number of methoxy groups -OCH3 is 1. The number of carbonyl (C=O) groups is 2. The summed E-state index contributed by atoms with van der Waals surface area (Å²) in [6.45, 7) is 3.21. The Balaban J connectivity index is 1.68. The molecule has 1 fully saturated rings. The molecule has 0 aromatic heterocycles. The summed E-state index contributed by atoms with van der Waals surface area (Å²) >= 11 is 0. The van der Waals surface area contributed by atoms with Crippen molar-refractivity contribution in [2.45, 2.75) is 19.6 Å². The molecule has 8 nitrogen and oxygen atoms in total. The van der Waals surface area contributed by atoms with Crippen LogP contribution in [-0.2, 0) is 16.2 Å². The number of phenolic OH excluding ortho intramolecular Hbond substituents is 1. The van der Waals surface area contributed by atoms with Crippen LogP contribution in [0.2, 0.25) is 0 Å². The molecule has 8 heteroatoms. The van der Waals surface area contributed by atoms with Gasteiger partial charge in [0.2, 0.25) is 0 Å². The molecule has 0 radical (unpaired) electrons. The lowest BCUT2D eigenvalue weighted by molar-refractivity contribution is -0.140. The molecule has 2 N–H and O–H groups in total. The second kappa shape index (κ2) is 11.4. The van der Waals surface area contributed by atoms with Crippen molar-refractivity contribution in [2.75, 3.05) is 34.3 Å². The van der Waals surface area contributed by atoms with Crippen molar-refractivity contribution in [1.82, 2.24) is 9.80 Å². The quantitative estimate of drug-likeness (QED) is 0.249. The largest absolute Gasteiger partial charge is 0.507 e. The number of aromatic hydroxyl groups is 1. The number of ketones is 1. The first-order valence-corrected chi connectivity index (χ1v) is 12.3. The molecular weight excluding hydrogens is 484 g/mol. The number of likely N-dealkylation sites (N-methyl/N-ethyl adjacent to an activating group) is 1. The van der Waals surface area contributed by atoms with Crippen LogP contribution in [0.1, 0.15) is 28.3 Å². The average Bonchev–Trinajstić information content (AvgIpc) is 3.16. The Morgan fingerprint density at radius 3 is 2.42 bits per heavy atom. The van der Waals surface area contributed by atoms with Crippen LogP contribution in [0.3, 0.4) is 0 Å². The molecule has 0 spiro atoms. The Morgan fingerprint density at radius 2 is 1.76 bits per heavy atom. The molecule has 0 saturated carbocycles. The average molecular weight is 517 g/mol. The summed E-state index contributed by atoms with van der Waals surface area (Å²) in [6.07, 6.45) is 0. The number of rotatable bonds is 9. The molecule has 1 amide bonds. The smallest absolute Gasteiger partial charge is 0.295 e. The molecule has 1 saturated heterocycles. The van der Waals surface area contributed by atoms with Crippen molar-refractivity contribution < 1.29 is 29.3 Å². The van der Waals surface area contributed by atoms with Crippen LogP contribution in [0.4, 0.5) is 0 Å². The molecule has 1 aliphatic rings. The minimum Gasteiger partial charge on any atom is -0.507 e. The van der Waals surface area contributed by atoms with E-state index >= 15 is 0 Å². The Hall–Kier alpha value is -4.30. The van der Waals surface area contributed by atoms with E-state index in [1.807, 2.05) is 50.2 Å². The van der Waals surface area contributed by atoms with Crippen LogP contribution in [0, 0.1) is 6.92 Å². The number of aryl methyl sites for hydroxylation is 1. The van der Waals surface area contributed by atoms with E-state index in [1.165, 1.54) is 18.1 Å². The highest BCUT2D eigenvalue weighted by Crippen LogP contribution is 2.41. The van der Waals surface area contributed by atoms with Gasteiger partial charge in [-0.05, 0) is 68.5 Å². The van der Waals surface area contributed by atoms with Gasteiger partial charge in [-0.15, -0.1) is 0 Å². The number of hydrogen-bond acceptors (Lipinski definition) is 7. The Morgan fingerprint density at radius 1 is 1.03 bits per heavy atom. The fourth-order valence-electron chi connectivity index (χ4n) is 4.46. The maximum Gasteiger partial charge on any atom is 0.295 e. The van der Waals surface area contributed by atoms with Gasteiger partial charge in [-0.2, -0.15) is 0 Å². The summed E-state index contributed by atoms with van der Waals surface area (Å²) in [5.41, 5.74) is 3.09. The summed E-state index contributed by atoms with van der Waals surface area (Å²) < 4.78 is 11.1. The van der Waals surface area contributed by atoms with Gasteiger partial charge in [0.1, 0.15) is 18.1 Å². The van der Waals surface area contributed by atoms with Gasteiger partial charge in [-0.25, -0.2) is 0 Å². The SMILES string of the molecule is COc1cc(C2/C(=C(\O)c3ccc(OCc4cccc(C)c4)cc3)C(=O)C(=O)N2CCN(C)C)ccc1O. The molecule has 4 rings (SSSR count). The van der Waals surface area contributed by atoms with E-state index in [2.05, 4.69) is 0 Å². The van der Waals surface area contributed by atoms with E-state index in [0.29, 0.717) is 30.0 Å². The van der Waals surface area contributed by atoms with Crippen molar-refractivity contribution in [3.05, 3.63) is 94.6 Å². The zero-order chi connectivity index (χ0) is 27.4. The van der Waals surface area contributed by atoms with E-state index in [1.54, 1.807) is 36.4 Å². The number of likely N-dealkylation sites (tertiary alicyclic amines) is 1. The third-order valence-electron chi connectivity index (χ3n) is 6.46. The van der Waals surface area contributed by atoms with E-state index in [-0.39, 0.29) is 29.4 Å². The van der Waals surface area contributed by atoms with Gasteiger partial charge in [-0.1, -0.05) is 35.9 Å². The van der Waals surface area contributed by atoms with Crippen molar-refractivity contribution >= 4 is 17.4 Å². The Bertz CT molecular complexity index is 1360. The third kappa shape index (κ3) is 5.65. The van der Waals surface area contributed by atoms with Crippen molar-refractivity contribution in [2.24, 2.45) is 0 Å². The number of carbonyl (C=O) groups excluding carboxylic acids is 2. The summed E-state index contributed by atoms with van der Waals surface area (Å²) in [6, 6.07) is 18.6. The van der Waals surface area contributed by atoms with Crippen molar-refractivity contribution in [1.29, 1.82) is 0 Å². The highest BCUT2D eigenvalue weighted by atomic mass is 16.5. The molecule has 0 aliphatic carbocycles. The van der Waals surface area contributed by atoms with Gasteiger partial charge in [0, 0.05) is 18.7 Å². The third-order valence-corrected chi connectivity index (χ3v) is 6.46. The molecule has 1 heterocycles. The monoisotopic (exact) mass is 516 g/mol. The molecule has 1 aliphatic heterocycles. The second-order valence-corrected chi connectivity index (χ2v) is 9.53. The highest BCUT2D eigenvalue weighted by molar-refractivity contribution is 6.46. The standard InChI is InChI=1S/C30H32N2O6/c1-19-6-5-7-20(16-19)18-38-23-11-8-21(9-12-23)28(34)26-27(22-10-13-24(33)25(17-22)37-4)32(15-14-31(2)3)30(36)29(26)35/h5-13,16-17,27,33-34H,14-15,18H2,1-4H3/b28-26+. The van der Waals surface area contributed by atoms with Crippen molar-refractivity contribution in [3.8, 4) is 17.2 Å². The Labute approximate surface area is 222 Å². The number of Topliss-reactive ketones (excluding diaryl/α,β-unsaturated/α-hetero) is 1. The summed E-state index contributed by atoms with van der Waals surface area (Å²) in [7, 11) is 5.17. The van der Waals surface area contributed by atoms with Crippen molar-refractivity contribution in [3.63, 3.8) is 0 Å². The summed E-state index contributed by atoms with van der Waals surface area (Å²) in [5.74, 6) is -0.993. The van der Waals surface area contributed by atoms with E-state index in [9.17, 15) is 19.8 Å². The molecule has 1 unspecified atom stereocenters. The zero-order valence-electron chi connectivity index (χ0n) is 22.0. The minimum absolute atomic E-state index is 0.0186. The Kier molecular flexibility index (Phi) is 8.02. The number of aliphatic hydroxyl groups excluding tert-OH is 1. The van der Waals surface area contributed by atoms with Crippen LogP contribution in [-0.4, -0.2) is 66.0 Å². The first-order chi connectivity index (χ1) is 18.2. The molecule has 3 aromatic rings. The number of ether oxygens (including phenoxy) is 2. The van der Waals surface area contributed by atoms with Crippen LogP contribution in [0.25, 0.3) is 5.76 Å². The topological polar surface area (TPSA) is 99.5 Å². The van der Waals surface area contributed by atoms with E-state index < -0.39 is 17.7 Å². The predicted octanol–water partition coefficient (Wildman–Crippen LogP) is 4.27. The molecule has 1 atom stereocenters. The number of phenols is 1. The molecule has 38 heavy (non-hydrogen) atoms. The summed E-state index contributed by atoms with van der Waals surface area (Å²) in [4.78, 5) is 29.6. The van der Waals surface area contributed by atoms with Crippen LogP contribution >= 0.6 is 0 Å². The first kappa shape index (κ1) is 26.8. The predicted molar refractivity (Wildman–Crippen MR) is 144 cm³/mol. The number of aliphatic hydroxyl groups is 1. The number of hydrogen-bond donors (Lipinski definition) is 2. The number of nitrogens with zero attached hydrogens (tertiary/aromatic N) is 2. The van der Waals surface area contributed by atoms with Gasteiger partial charge in [0.15, 0.2) is 11.5 Å². The van der Waals surface area contributed by atoms with Crippen LogP contribution in [0.5, 0.6) is 17.2 Å². The lowest BCUT2D eigenvalue weighted by atomic mass is 9.95. The fraction of sp³-hybridized carbons (Fsp3) is 0.267. The fourth-order valence-corrected chi connectivity index (χ4v) is 4.46. The molecule has 0 bridgehead atoms. The lowest BCUT2D eigenvalue weighted by Gasteiger charge is -2.27. The second-order valence-electron chi connectivity index (χ2n) is 9.53. The minimum atomic E-state index is -0.846. The van der Waals surface area contributed by atoms with Crippen LogP contribution in [0.15, 0.2) is 72.3 Å². The maximum absolute atomic E-state index is 13.2. The first-order valence-electron chi connectivity index (χ1n) is 12.3. The van der Waals surface area contributed by atoms with E-state index in [0.717, 1.165) is 11.1 Å². The normalized spacial score (nSPS) is 16.8.